The Morgan fingerprint density at radius 2 is 2.25 bits per heavy atom. The van der Waals surface area contributed by atoms with Crippen molar-refractivity contribution in [3.05, 3.63) is 22.7 Å². The van der Waals surface area contributed by atoms with Gasteiger partial charge in [0.1, 0.15) is 5.82 Å². The summed E-state index contributed by atoms with van der Waals surface area (Å²) in [6, 6.07) is 2.05. The standard InChI is InChI=1S/C13H21N5O2/c14-13-12(17-9-15-3-4-18-19)7-11(8-16-13)10-1-5-20-6-2-10/h7-8,10,15,17H,1-6,9H2,(H2,14,16). The van der Waals surface area contributed by atoms with Crippen LogP contribution in [0.25, 0.3) is 0 Å². The third kappa shape index (κ3) is 4.14. The maximum absolute atomic E-state index is 9.96. The van der Waals surface area contributed by atoms with E-state index in [-0.39, 0.29) is 6.54 Å². The average Bonchev–Trinajstić information content (AvgIpc) is 2.49. The summed E-state index contributed by atoms with van der Waals surface area (Å²) in [6.45, 7) is 2.94. The SMILES string of the molecule is Nc1ncc(C2CCOCC2)cc1NCNCCN=O. The van der Waals surface area contributed by atoms with Gasteiger partial charge in [-0.25, -0.2) is 4.98 Å². The molecule has 4 N–H and O–H groups in total. The van der Waals surface area contributed by atoms with E-state index in [1.807, 2.05) is 6.20 Å². The molecule has 0 unspecified atom stereocenters. The predicted octanol–water partition coefficient (Wildman–Crippen LogP) is 1.28. The minimum Gasteiger partial charge on any atom is -0.382 e. The molecule has 110 valence electrons. The second-order valence-corrected chi connectivity index (χ2v) is 4.79. The topological polar surface area (TPSA) is 102 Å². The van der Waals surface area contributed by atoms with Crippen LogP contribution in [0.1, 0.15) is 24.3 Å². The maximum Gasteiger partial charge on any atom is 0.146 e. The largest absolute Gasteiger partial charge is 0.382 e. The first-order valence-electron chi connectivity index (χ1n) is 6.88. The van der Waals surface area contributed by atoms with Crippen molar-refractivity contribution in [3.63, 3.8) is 0 Å². The third-order valence-electron chi connectivity index (χ3n) is 3.42. The maximum atomic E-state index is 9.96. The summed E-state index contributed by atoms with van der Waals surface area (Å²) in [7, 11) is 0. The number of hydrogen-bond donors (Lipinski definition) is 3. The third-order valence-corrected chi connectivity index (χ3v) is 3.42. The lowest BCUT2D eigenvalue weighted by molar-refractivity contribution is 0.0853. The summed E-state index contributed by atoms with van der Waals surface area (Å²) in [5, 5.41) is 9.01. The molecule has 2 heterocycles. The fraction of sp³-hybridized carbons (Fsp3) is 0.615. The predicted molar refractivity (Wildman–Crippen MR) is 78.6 cm³/mol. The molecule has 0 bridgehead atoms. The molecule has 7 heteroatoms. The summed E-state index contributed by atoms with van der Waals surface area (Å²) in [5.74, 6) is 0.973. The van der Waals surface area contributed by atoms with Crippen molar-refractivity contribution >= 4 is 11.5 Å². The van der Waals surface area contributed by atoms with Crippen LogP contribution in [-0.2, 0) is 4.74 Å². The highest BCUT2D eigenvalue weighted by molar-refractivity contribution is 5.62. The molecule has 0 atom stereocenters. The monoisotopic (exact) mass is 279 g/mol. The lowest BCUT2D eigenvalue weighted by Gasteiger charge is -2.23. The van der Waals surface area contributed by atoms with Crippen LogP contribution in [0.2, 0.25) is 0 Å². The van der Waals surface area contributed by atoms with E-state index in [1.54, 1.807) is 0 Å². The Kier molecular flexibility index (Phi) is 5.69. The van der Waals surface area contributed by atoms with E-state index in [0.29, 0.717) is 24.9 Å². The van der Waals surface area contributed by atoms with Gasteiger partial charge in [0.2, 0.25) is 0 Å². The molecule has 1 aliphatic heterocycles. The Labute approximate surface area is 118 Å². The highest BCUT2D eigenvalue weighted by atomic mass is 16.5. The van der Waals surface area contributed by atoms with Gasteiger partial charge in [0, 0.05) is 26.0 Å². The summed E-state index contributed by atoms with van der Waals surface area (Å²) >= 11 is 0. The van der Waals surface area contributed by atoms with Gasteiger partial charge in [-0.3, -0.25) is 5.32 Å². The summed E-state index contributed by atoms with van der Waals surface area (Å²) in [6.07, 6.45) is 3.89. The number of aromatic nitrogens is 1. The number of nitroso groups, excluding NO2 is 1. The molecule has 7 nitrogen and oxygen atoms in total. The molecule has 1 saturated heterocycles. The number of hydrogen-bond acceptors (Lipinski definition) is 7. The van der Waals surface area contributed by atoms with Crippen LogP contribution in [0.3, 0.4) is 0 Å². The van der Waals surface area contributed by atoms with Crippen molar-refractivity contribution in [2.75, 3.05) is 44.0 Å². The van der Waals surface area contributed by atoms with Crippen LogP contribution < -0.4 is 16.4 Å². The molecule has 0 aromatic carbocycles. The first-order chi connectivity index (χ1) is 9.81. The molecule has 0 radical (unpaired) electrons. The smallest absolute Gasteiger partial charge is 0.146 e. The molecule has 0 aliphatic carbocycles. The lowest BCUT2D eigenvalue weighted by atomic mass is 9.93. The number of rotatable bonds is 7. The van der Waals surface area contributed by atoms with Gasteiger partial charge in [-0.05, 0) is 30.4 Å². The number of nitrogens with zero attached hydrogens (tertiary/aromatic N) is 2. The second-order valence-electron chi connectivity index (χ2n) is 4.79. The van der Waals surface area contributed by atoms with Crippen molar-refractivity contribution in [1.82, 2.24) is 10.3 Å². The minimum absolute atomic E-state index is 0.261. The highest BCUT2D eigenvalue weighted by Gasteiger charge is 2.17. The number of anilines is 2. The van der Waals surface area contributed by atoms with Gasteiger partial charge in [-0.2, -0.15) is 4.91 Å². The molecule has 1 aliphatic rings. The van der Waals surface area contributed by atoms with Crippen molar-refractivity contribution < 1.29 is 4.74 Å². The van der Waals surface area contributed by atoms with Crippen LogP contribution in [0.4, 0.5) is 11.5 Å². The van der Waals surface area contributed by atoms with Gasteiger partial charge in [-0.15, -0.1) is 0 Å². The normalized spacial score (nSPS) is 16.0. The van der Waals surface area contributed by atoms with E-state index >= 15 is 0 Å². The van der Waals surface area contributed by atoms with E-state index < -0.39 is 0 Å². The van der Waals surface area contributed by atoms with Crippen LogP contribution in [0, 0.1) is 4.91 Å². The molecule has 1 fully saturated rings. The van der Waals surface area contributed by atoms with Crippen molar-refractivity contribution in [3.8, 4) is 0 Å². The zero-order valence-corrected chi connectivity index (χ0v) is 11.5. The van der Waals surface area contributed by atoms with Crippen molar-refractivity contribution in [1.29, 1.82) is 0 Å². The Morgan fingerprint density at radius 1 is 1.45 bits per heavy atom. The van der Waals surface area contributed by atoms with E-state index in [4.69, 9.17) is 10.5 Å². The number of ether oxygens (including phenoxy) is 1. The van der Waals surface area contributed by atoms with Crippen molar-refractivity contribution in [2.45, 2.75) is 18.8 Å². The van der Waals surface area contributed by atoms with Gasteiger partial charge in [0.25, 0.3) is 0 Å². The van der Waals surface area contributed by atoms with E-state index in [0.717, 1.165) is 31.7 Å². The molecule has 0 saturated carbocycles. The van der Waals surface area contributed by atoms with E-state index in [1.165, 1.54) is 5.56 Å². The number of pyridine rings is 1. The summed E-state index contributed by atoms with van der Waals surface area (Å²) in [4.78, 5) is 14.2. The fourth-order valence-corrected chi connectivity index (χ4v) is 2.26. The average molecular weight is 279 g/mol. The van der Waals surface area contributed by atoms with E-state index in [2.05, 4.69) is 26.9 Å². The fourth-order valence-electron chi connectivity index (χ4n) is 2.26. The van der Waals surface area contributed by atoms with Gasteiger partial charge >= 0.3 is 0 Å². The molecule has 20 heavy (non-hydrogen) atoms. The van der Waals surface area contributed by atoms with Gasteiger partial charge in [0.05, 0.1) is 18.9 Å². The van der Waals surface area contributed by atoms with Crippen LogP contribution >= 0.6 is 0 Å². The second kappa shape index (κ2) is 7.76. The molecule has 2 rings (SSSR count). The van der Waals surface area contributed by atoms with Gasteiger partial charge in [0.15, 0.2) is 0 Å². The Hall–Kier alpha value is -1.73. The lowest BCUT2D eigenvalue weighted by Crippen LogP contribution is -2.25. The van der Waals surface area contributed by atoms with E-state index in [9.17, 15) is 4.91 Å². The zero-order chi connectivity index (χ0) is 14.2. The van der Waals surface area contributed by atoms with Crippen LogP contribution in [-0.4, -0.2) is 38.0 Å². The molecule has 0 amide bonds. The Morgan fingerprint density at radius 3 is 3.00 bits per heavy atom. The van der Waals surface area contributed by atoms with Crippen LogP contribution in [0.5, 0.6) is 0 Å². The van der Waals surface area contributed by atoms with Crippen LogP contribution in [0.15, 0.2) is 17.4 Å². The number of nitrogens with one attached hydrogen (secondary N) is 2. The Balaban J connectivity index is 1.91. The molecule has 0 spiro atoms. The molecule has 1 aromatic heterocycles. The van der Waals surface area contributed by atoms with Gasteiger partial charge in [-0.1, -0.05) is 5.18 Å². The summed E-state index contributed by atoms with van der Waals surface area (Å²) < 4.78 is 5.37. The highest BCUT2D eigenvalue weighted by Crippen LogP contribution is 2.29. The molecule has 1 aromatic rings. The minimum atomic E-state index is 0.261. The quantitative estimate of drug-likeness (QED) is 0.395. The number of nitrogen functional groups attached to an aromatic ring is 1. The first kappa shape index (κ1) is 14.7. The zero-order valence-electron chi connectivity index (χ0n) is 11.5. The Bertz CT molecular complexity index is 435. The first-order valence-corrected chi connectivity index (χ1v) is 6.88. The molecular weight excluding hydrogens is 258 g/mol. The summed E-state index contributed by atoms with van der Waals surface area (Å²) in [5.41, 5.74) is 7.88. The van der Waals surface area contributed by atoms with Crippen molar-refractivity contribution in [2.24, 2.45) is 5.18 Å². The molecular formula is C13H21N5O2. The van der Waals surface area contributed by atoms with Gasteiger partial charge < -0.3 is 15.8 Å². The number of nitrogens with two attached hydrogens (primary N) is 1.